The molecule has 2 heterocycles. The largest absolute Gasteiger partial charge is 0.507 e. The fourth-order valence-electron chi connectivity index (χ4n) is 4.03. The van der Waals surface area contributed by atoms with Crippen molar-refractivity contribution in [2.24, 2.45) is 0 Å². The van der Waals surface area contributed by atoms with E-state index in [-0.39, 0.29) is 17.9 Å². The first-order chi connectivity index (χ1) is 15.2. The van der Waals surface area contributed by atoms with Gasteiger partial charge in [-0.2, -0.15) is 0 Å². The highest BCUT2D eigenvalue weighted by Gasteiger charge is 2.28. The first-order valence-electron chi connectivity index (χ1n) is 11.0. The number of aryl methyl sites for hydroxylation is 1. The van der Waals surface area contributed by atoms with Crippen molar-refractivity contribution in [1.82, 2.24) is 15.1 Å². The van der Waals surface area contributed by atoms with Gasteiger partial charge < -0.3 is 20.1 Å². The molecule has 32 heavy (non-hydrogen) atoms. The SMILES string of the molecule is Cc1ccc(-c2nnc(NC3CCCN(C(=O)OC(C)(C)C)C3)c3ccccc23)c(O)c1. The molecular weight excluding hydrogens is 404 g/mol. The molecule has 1 saturated heterocycles. The quantitative estimate of drug-likeness (QED) is 0.595. The van der Waals surface area contributed by atoms with Crippen LogP contribution in [0.5, 0.6) is 5.75 Å². The number of hydrogen-bond acceptors (Lipinski definition) is 6. The standard InChI is InChI=1S/C25H30N4O3/c1-16-11-12-20(21(30)14-16)22-18-9-5-6-10-19(18)23(28-27-22)26-17-8-7-13-29(15-17)24(31)32-25(2,3)4/h5-6,9-12,14,17,30H,7-8,13,15H2,1-4H3,(H,26,28). The summed E-state index contributed by atoms with van der Waals surface area (Å²) in [5, 5.41) is 24.7. The minimum absolute atomic E-state index is 0.0487. The number of carbonyl (C=O) groups is 1. The Bertz CT molecular complexity index is 1140. The maximum absolute atomic E-state index is 12.5. The topological polar surface area (TPSA) is 87.6 Å². The maximum atomic E-state index is 12.5. The third-order valence-corrected chi connectivity index (χ3v) is 5.51. The molecule has 7 heteroatoms. The number of carbonyl (C=O) groups excluding carboxylic acids is 1. The Hall–Kier alpha value is -3.35. The van der Waals surface area contributed by atoms with Crippen LogP contribution in [0.15, 0.2) is 42.5 Å². The van der Waals surface area contributed by atoms with Crippen molar-refractivity contribution < 1.29 is 14.6 Å². The molecule has 0 aliphatic carbocycles. The molecule has 168 valence electrons. The van der Waals surface area contributed by atoms with E-state index in [9.17, 15) is 9.90 Å². The van der Waals surface area contributed by atoms with E-state index in [1.54, 1.807) is 11.0 Å². The molecule has 7 nitrogen and oxygen atoms in total. The van der Waals surface area contributed by atoms with Crippen molar-refractivity contribution in [3.63, 3.8) is 0 Å². The predicted octanol–water partition coefficient (Wildman–Crippen LogP) is 5.12. The second-order valence-electron chi connectivity index (χ2n) is 9.37. The van der Waals surface area contributed by atoms with E-state index >= 15 is 0 Å². The van der Waals surface area contributed by atoms with Gasteiger partial charge in [-0.1, -0.05) is 30.3 Å². The normalized spacial score (nSPS) is 16.8. The summed E-state index contributed by atoms with van der Waals surface area (Å²) in [6.45, 7) is 8.79. The predicted molar refractivity (Wildman–Crippen MR) is 126 cm³/mol. The number of phenols is 1. The number of amides is 1. The van der Waals surface area contributed by atoms with Gasteiger partial charge in [0.15, 0.2) is 5.82 Å². The van der Waals surface area contributed by atoms with Crippen LogP contribution in [0, 0.1) is 6.92 Å². The minimum Gasteiger partial charge on any atom is -0.507 e. The molecule has 1 aromatic heterocycles. The average Bonchev–Trinajstić information content (AvgIpc) is 2.74. The van der Waals surface area contributed by atoms with Gasteiger partial charge in [0.25, 0.3) is 0 Å². The van der Waals surface area contributed by atoms with Crippen LogP contribution in [-0.4, -0.2) is 51.0 Å². The minimum atomic E-state index is -0.517. The van der Waals surface area contributed by atoms with Crippen LogP contribution in [0.3, 0.4) is 0 Å². The summed E-state index contributed by atoms with van der Waals surface area (Å²) < 4.78 is 5.54. The molecule has 2 aromatic carbocycles. The summed E-state index contributed by atoms with van der Waals surface area (Å²) in [6.07, 6.45) is 1.53. The number of likely N-dealkylation sites (tertiary alicyclic amines) is 1. The zero-order valence-corrected chi connectivity index (χ0v) is 19.1. The molecule has 0 radical (unpaired) electrons. The second kappa shape index (κ2) is 8.65. The van der Waals surface area contributed by atoms with Crippen molar-refractivity contribution in [3.8, 4) is 17.0 Å². The maximum Gasteiger partial charge on any atom is 0.410 e. The van der Waals surface area contributed by atoms with Gasteiger partial charge in [-0.05, 0) is 58.2 Å². The number of nitrogens with one attached hydrogen (secondary N) is 1. The molecule has 2 N–H and O–H groups in total. The van der Waals surface area contributed by atoms with Gasteiger partial charge in [0.2, 0.25) is 0 Å². The number of phenolic OH excluding ortho intramolecular Hbond substituents is 1. The van der Waals surface area contributed by atoms with E-state index in [1.165, 1.54) is 0 Å². The molecule has 0 spiro atoms. The van der Waals surface area contributed by atoms with Crippen molar-refractivity contribution in [3.05, 3.63) is 48.0 Å². The molecule has 4 rings (SSSR count). The highest BCUT2D eigenvalue weighted by atomic mass is 16.6. The first-order valence-corrected chi connectivity index (χ1v) is 11.0. The zero-order chi connectivity index (χ0) is 22.9. The number of benzene rings is 2. The van der Waals surface area contributed by atoms with Gasteiger partial charge in [0.05, 0.1) is 0 Å². The first kappa shape index (κ1) is 21.9. The highest BCUT2D eigenvalue weighted by molar-refractivity contribution is 6.00. The van der Waals surface area contributed by atoms with Crippen molar-refractivity contribution in [1.29, 1.82) is 0 Å². The monoisotopic (exact) mass is 434 g/mol. The van der Waals surface area contributed by atoms with Gasteiger partial charge >= 0.3 is 6.09 Å². The third-order valence-electron chi connectivity index (χ3n) is 5.51. The molecule has 1 amide bonds. The average molecular weight is 435 g/mol. The zero-order valence-electron chi connectivity index (χ0n) is 19.1. The number of hydrogen-bond donors (Lipinski definition) is 2. The van der Waals surface area contributed by atoms with Crippen molar-refractivity contribution in [2.75, 3.05) is 18.4 Å². The molecule has 0 saturated carbocycles. The second-order valence-corrected chi connectivity index (χ2v) is 9.37. The summed E-state index contributed by atoms with van der Waals surface area (Å²) in [4.78, 5) is 14.3. The Morgan fingerprint density at radius 1 is 1.16 bits per heavy atom. The van der Waals surface area contributed by atoms with Crippen molar-refractivity contribution in [2.45, 2.75) is 52.2 Å². The fourth-order valence-corrected chi connectivity index (χ4v) is 4.03. The lowest BCUT2D eigenvalue weighted by Crippen LogP contribution is -2.47. The van der Waals surface area contributed by atoms with E-state index in [1.807, 2.05) is 64.1 Å². The Morgan fingerprint density at radius 2 is 1.91 bits per heavy atom. The number of aromatic nitrogens is 2. The van der Waals surface area contributed by atoms with E-state index in [4.69, 9.17) is 4.74 Å². The highest BCUT2D eigenvalue weighted by Crippen LogP contribution is 2.35. The van der Waals surface area contributed by atoms with Crippen LogP contribution in [0.25, 0.3) is 22.0 Å². The van der Waals surface area contributed by atoms with E-state index < -0.39 is 5.60 Å². The number of fused-ring (bicyclic) bond motifs is 1. The van der Waals surface area contributed by atoms with Gasteiger partial charge in [0.1, 0.15) is 17.0 Å². The van der Waals surface area contributed by atoms with Crippen LogP contribution >= 0.6 is 0 Å². The lowest BCUT2D eigenvalue weighted by atomic mass is 10.0. The van der Waals surface area contributed by atoms with Gasteiger partial charge in [0, 0.05) is 35.5 Å². The lowest BCUT2D eigenvalue weighted by molar-refractivity contribution is 0.0206. The molecular formula is C25H30N4O3. The molecule has 1 aliphatic heterocycles. The molecule has 1 atom stereocenters. The Labute approximate surface area is 188 Å². The van der Waals surface area contributed by atoms with E-state index in [0.29, 0.717) is 30.2 Å². The summed E-state index contributed by atoms with van der Waals surface area (Å²) in [6, 6.07) is 13.5. The molecule has 1 aliphatic rings. The number of rotatable bonds is 3. The van der Waals surface area contributed by atoms with Crippen LogP contribution < -0.4 is 5.32 Å². The summed E-state index contributed by atoms with van der Waals surface area (Å²) in [5.41, 5.74) is 1.76. The lowest BCUT2D eigenvalue weighted by Gasteiger charge is -2.34. The third kappa shape index (κ3) is 4.77. The fraction of sp³-hybridized carbons (Fsp3) is 0.400. The van der Waals surface area contributed by atoms with Gasteiger partial charge in [-0.15, -0.1) is 10.2 Å². The summed E-state index contributed by atoms with van der Waals surface area (Å²) in [5.74, 6) is 0.859. The Balaban J connectivity index is 1.60. The number of piperidine rings is 1. The van der Waals surface area contributed by atoms with Crippen LogP contribution in [0.2, 0.25) is 0 Å². The van der Waals surface area contributed by atoms with Crippen LogP contribution in [-0.2, 0) is 4.74 Å². The number of nitrogens with zero attached hydrogens (tertiary/aromatic N) is 3. The van der Waals surface area contributed by atoms with E-state index in [2.05, 4.69) is 15.5 Å². The van der Waals surface area contributed by atoms with E-state index in [0.717, 1.165) is 29.2 Å². The summed E-state index contributed by atoms with van der Waals surface area (Å²) in [7, 11) is 0. The van der Waals surface area contributed by atoms with Crippen molar-refractivity contribution >= 4 is 22.7 Å². The molecule has 3 aromatic rings. The molecule has 1 fully saturated rings. The van der Waals surface area contributed by atoms with Gasteiger partial charge in [-0.25, -0.2) is 4.79 Å². The molecule has 0 bridgehead atoms. The smallest absolute Gasteiger partial charge is 0.410 e. The van der Waals surface area contributed by atoms with Crippen LogP contribution in [0.4, 0.5) is 10.6 Å². The molecule has 1 unspecified atom stereocenters. The van der Waals surface area contributed by atoms with Gasteiger partial charge in [-0.3, -0.25) is 0 Å². The van der Waals surface area contributed by atoms with Crippen LogP contribution in [0.1, 0.15) is 39.2 Å². The number of anilines is 1. The number of aromatic hydroxyl groups is 1. The number of ether oxygens (including phenoxy) is 1. The Kier molecular flexibility index (Phi) is 5.91. The Morgan fingerprint density at radius 3 is 2.62 bits per heavy atom. The summed E-state index contributed by atoms with van der Waals surface area (Å²) >= 11 is 0.